The monoisotopic (exact) mass is 259 g/mol. The number of carbonyl (C=O) groups excluding carboxylic acids is 1. The maximum atomic E-state index is 11.7. The van der Waals surface area contributed by atoms with Crippen LogP contribution in [0.2, 0.25) is 0 Å². The van der Waals surface area contributed by atoms with Gasteiger partial charge in [0.2, 0.25) is 0 Å². The number of aromatic nitrogens is 1. The molecule has 3 heterocycles. The Bertz CT molecular complexity index is 500. The summed E-state index contributed by atoms with van der Waals surface area (Å²) in [5.41, 5.74) is 2.85. The Morgan fingerprint density at radius 3 is 3.16 bits per heavy atom. The van der Waals surface area contributed by atoms with Crippen LogP contribution in [0.15, 0.2) is 12.3 Å². The summed E-state index contributed by atoms with van der Waals surface area (Å²) in [7, 11) is 0. The minimum absolute atomic E-state index is 0.0397. The third-order valence-corrected chi connectivity index (χ3v) is 4.36. The second-order valence-electron chi connectivity index (χ2n) is 5.87. The fourth-order valence-electron chi connectivity index (χ4n) is 3.12. The maximum Gasteiger partial charge on any atom is 0.252 e. The number of carbonyl (C=O) groups is 1. The molecule has 0 saturated carbocycles. The van der Waals surface area contributed by atoms with E-state index in [1.54, 1.807) is 0 Å². The van der Waals surface area contributed by atoms with Gasteiger partial charge in [0.1, 0.15) is 0 Å². The quantitative estimate of drug-likeness (QED) is 0.885. The van der Waals surface area contributed by atoms with Crippen LogP contribution in [0.4, 0.5) is 0 Å². The van der Waals surface area contributed by atoms with E-state index in [2.05, 4.69) is 29.0 Å². The molecule has 0 unspecified atom stereocenters. The van der Waals surface area contributed by atoms with Gasteiger partial charge in [-0.2, -0.15) is 0 Å². The number of likely N-dealkylation sites (tertiary alicyclic amines) is 1. The van der Waals surface area contributed by atoms with Crippen LogP contribution in [0.1, 0.15) is 54.3 Å². The van der Waals surface area contributed by atoms with E-state index in [0.717, 1.165) is 35.8 Å². The average molecular weight is 259 g/mol. The number of rotatable bonds is 2. The summed E-state index contributed by atoms with van der Waals surface area (Å²) in [6, 6.07) is 2.27. The molecule has 19 heavy (non-hydrogen) atoms. The Kier molecular flexibility index (Phi) is 3.27. The zero-order valence-electron chi connectivity index (χ0n) is 11.6. The van der Waals surface area contributed by atoms with Crippen molar-refractivity contribution in [2.24, 2.45) is 5.92 Å². The van der Waals surface area contributed by atoms with Crippen molar-refractivity contribution >= 4 is 5.91 Å². The van der Waals surface area contributed by atoms with Gasteiger partial charge in [-0.3, -0.25) is 14.7 Å². The molecular formula is C15H21N3O. The molecule has 4 nitrogen and oxygen atoms in total. The first-order valence-electron chi connectivity index (χ1n) is 7.16. The second-order valence-corrected chi connectivity index (χ2v) is 5.87. The van der Waals surface area contributed by atoms with Gasteiger partial charge in [0.05, 0.1) is 5.69 Å². The van der Waals surface area contributed by atoms with E-state index < -0.39 is 0 Å². The predicted molar refractivity (Wildman–Crippen MR) is 73.8 cm³/mol. The molecule has 0 aromatic carbocycles. The normalized spacial score (nSPS) is 24.9. The molecule has 2 aliphatic rings. The summed E-state index contributed by atoms with van der Waals surface area (Å²) in [5, 5.41) is 2.85. The van der Waals surface area contributed by atoms with Crippen LogP contribution in [0.3, 0.4) is 0 Å². The van der Waals surface area contributed by atoms with Crippen LogP contribution in [0.25, 0.3) is 0 Å². The van der Waals surface area contributed by atoms with Crippen molar-refractivity contribution in [3.05, 3.63) is 29.1 Å². The maximum absolute atomic E-state index is 11.7. The second kappa shape index (κ2) is 4.93. The van der Waals surface area contributed by atoms with Crippen molar-refractivity contribution < 1.29 is 4.79 Å². The van der Waals surface area contributed by atoms with Crippen LogP contribution in [-0.2, 0) is 6.54 Å². The average Bonchev–Trinajstić information content (AvgIpc) is 2.79. The lowest BCUT2D eigenvalue weighted by molar-refractivity contribution is 0.0965. The van der Waals surface area contributed by atoms with Crippen molar-refractivity contribution in [3.63, 3.8) is 0 Å². The summed E-state index contributed by atoms with van der Waals surface area (Å²) < 4.78 is 0. The molecule has 1 saturated heterocycles. The van der Waals surface area contributed by atoms with E-state index in [1.165, 1.54) is 12.8 Å². The zero-order valence-corrected chi connectivity index (χ0v) is 11.6. The molecule has 0 bridgehead atoms. The Labute approximate surface area is 114 Å². The molecule has 2 atom stereocenters. The number of amides is 1. The Morgan fingerprint density at radius 2 is 2.37 bits per heavy atom. The van der Waals surface area contributed by atoms with E-state index in [4.69, 9.17) is 0 Å². The van der Waals surface area contributed by atoms with Gasteiger partial charge in [-0.1, -0.05) is 6.92 Å². The molecular weight excluding hydrogens is 238 g/mol. The first-order valence-corrected chi connectivity index (χ1v) is 7.16. The molecule has 102 valence electrons. The SMILES string of the molecule is C[C@H]1CCCN([C@@H](C)c2cc3c(cn2)CNC3=O)C1. The van der Waals surface area contributed by atoms with E-state index in [9.17, 15) is 4.79 Å². The number of fused-ring (bicyclic) bond motifs is 1. The fraction of sp³-hybridized carbons (Fsp3) is 0.600. The van der Waals surface area contributed by atoms with Gasteiger partial charge >= 0.3 is 0 Å². The van der Waals surface area contributed by atoms with Gasteiger partial charge in [-0.05, 0) is 38.3 Å². The number of nitrogens with zero attached hydrogens (tertiary/aromatic N) is 2. The summed E-state index contributed by atoms with van der Waals surface area (Å²) in [4.78, 5) is 18.7. The van der Waals surface area contributed by atoms with Gasteiger partial charge in [0.25, 0.3) is 5.91 Å². The van der Waals surface area contributed by atoms with Crippen molar-refractivity contribution in [1.82, 2.24) is 15.2 Å². The van der Waals surface area contributed by atoms with Crippen molar-refractivity contribution in [1.29, 1.82) is 0 Å². The minimum Gasteiger partial charge on any atom is -0.348 e. The fourth-order valence-corrected chi connectivity index (χ4v) is 3.12. The molecule has 1 fully saturated rings. The van der Waals surface area contributed by atoms with E-state index in [1.807, 2.05) is 12.3 Å². The topological polar surface area (TPSA) is 45.2 Å². The van der Waals surface area contributed by atoms with Gasteiger partial charge in [-0.15, -0.1) is 0 Å². The molecule has 1 aromatic heterocycles. The standard InChI is InChI=1S/C15H21N3O/c1-10-4-3-5-18(9-10)11(2)14-6-13-12(7-16-14)8-17-15(13)19/h6-7,10-11H,3-5,8-9H2,1-2H3,(H,17,19)/t10-,11-/m0/s1. The summed E-state index contributed by atoms with van der Waals surface area (Å²) in [6.07, 6.45) is 4.44. The number of nitrogens with one attached hydrogen (secondary N) is 1. The molecule has 0 spiro atoms. The van der Waals surface area contributed by atoms with Gasteiger partial charge in [0.15, 0.2) is 0 Å². The van der Waals surface area contributed by atoms with Crippen LogP contribution in [-0.4, -0.2) is 28.9 Å². The highest BCUT2D eigenvalue weighted by Crippen LogP contribution is 2.27. The zero-order chi connectivity index (χ0) is 13.4. The Hall–Kier alpha value is -1.42. The first kappa shape index (κ1) is 12.6. The lowest BCUT2D eigenvalue weighted by atomic mass is 9.98. The molecule has 2 aliphatic heterocycles. The molecule has 1 N–H and O–H groups in total. The highest BCUT2D eigenvalue weighted by atomic mass is 16.1. The van der Waals surface area contributed by atoms with Crippen molar-refractivity contribution in [2.75, 3.05) is 13.1 Å². The van der Waals surface area contributed by atoms with Crippen LogP contribution < -0.4 is 5.32 Å². The van der Waals surface area contributed by atoms with Gasteiger partial charge < -0.3 is 5.32 Å². The largest absolute Gasteiger partial charge is 0.348 e. The molecule has 3 rings (SSSR count). The lowest BCUT2D eigenvalue weighted by Crippen LogP contribution is -2.36. The van der Waals surface area contributed by atoms with Gasteiger partial charge in [-0.25, -0.2) is 0 Å². The van der Waals surface area contributed by atoms with E-state index >= 15 is 0 Å². The minimum atomic E-state index is 0.0397. The smallest absolute Gasteiger partial charge is 0.252 e. The van der Waals surface area contributed by atoms with Crippen LogP contribution >= 0.6 is 0 Å². The number of hydrogen-bond donors (Lipinski definition) is 1. The number of hydrogen-bond acceptors (Lipinski definition) is 3. The van der Waals surface area contributed by atoms with Crippen LogP contribution in [0.5, 0.6) is 0 Å². The van der Waals surface area contributed by atoms with Crippen LogP contribution in [0, 0.1) is 5.92 Å². The molecule has 1 amide bonds. The highest BCUT2D eigenvalue weighted by molar-refractivity contribution is 5.98. The van der Waals surface area contributed by atoms with E-state index in [0.29, 0.717) is 12.6 Å². The highest BCUT2D eigenvalue weighted by Gasteiger charge is 2.25. The third kappa shape index (κ3) is 2.37. The van der Waals surface area contributed by atoms with Crippen molar-refractivity contribution in [3.8, 4) is 0 Å². The summed E-state index contributed by atoms with van der Waals surface area (Å²) >= 11 is 0. The van der Waals surface area contributed by atoms with Crippen molar-refractivity contribution in [2.45, 2.75) is 39.3 Å². The lowest BCUT2D eigenvalue weighted by Gasteiger charge is -2.35. The van der Waals surface area contributed by atoms with E-state index in [-0.39, 0.29) is 5.91 Å². The summed E-state index contributed by atoms with van der Waals surface area (Å²) in [6.45, 7) is 7.39. The molecule has 0 radical (unpaired) electrons. The predicted octanol–water partition coefficient (Wildman–Crippen LogP) is 2.12. The third-order valence-electron chi connectivity index (χ3n) is 4.36. The number of piperidine rings is 1. The molecule has 4 heteroatoms. The summed E-state index contributed by atoms with van der Waals surface area (Å²) in [5.74, 6) is 0.798. The first-order chi connectivity index (χ1) is 9.15. The molecule has 1 aromatic rings. The Balaban J connectivity index is 1.82. The Morgan fingerprint density at radius 1 is 1.53 bits per heavy atom. The number of pyridine rings is 1. The molecule has 0 aliphatic carbocycles. The van der Waals surface area contributed by atoms with Gasteiger partial charge in [0, 0.05) is 36.5 Å².